The monoisotopic (exact) mass is 1210 g/mol. The van der Waals surface area contributed by atoms with Gasteiger partial charge in [-0.1, -0.05) is 53.2 Å². The van der Waals surface area contributed by atoms with Gasteiger partial charge in [0.2, 0.25) is 6.29 Å². The molecule has 26 nitrogen and oxygen atoms in total. The maximum atomic E-state index is 15.4. The zero-order valence-electron chi connectivity index (χ0n) is 49.0. The Kier molecular flexibility index (Phi) is 18.7. The molecule has 5 saturated heterocycles. The van der Waals surface area contributed by atoms with Crippen LogP contribution in [0.1, 0.15) is 113 Å². The summed E-state index contributed by atoms with van der Waals surface area (Å²) in [6.07, 6.45) is -29.3. The number of esters is 1. The molecule has 10 rings (SSSR count). The molecule has 5 heterocycles. The lowest BCUT2D eigenvalue weighted by Crippen LogP contribution is -2.67. The number of ether oxygens (including phenoxy) is 10. The molecule has 0 spiro atoms. The van der Waals surface area contributed by atoms with E-state index < -0.39 is 189 Å². The van der Waals surface area contributed by atoms with E-state index in [4.69, 9.17) is 47.4 Å². The van der Waals surface area contributed by atoms with E-state index in [1.165, 1.54) is 6.92 Å². The SMILES string of the molecule is C[C@@H]1O[C@@H](O[C@H]2[C@H](OC3CCC4(C)C(CCC5(C)C4CC=C4C6CC(C)(C)CCC6(C(=O)O[C@@H]6O[C@H](CO)[C@@H](O)[C@H](O)[C@H]6O[C@@H]6O[C@H](CO)[C@@H](O)[C@H](O)[C@H]6O)CCC45C)C3(C)CO)OC[C@H](O)[C@@H]2O)[C@H](O)[C@H](O[C@@H]2OC[C@H](O)[C@H](O)[C@H]2O)[C@@H]1O. The summed E-state index contributed by atoms with van der Waals surface area (Å²) in [7, 11) is 0. The molecule has 0 amide bonds. The minimum absolute atomic E-state index is 0.0875. The van der Waals surface area contributed by atoms with Gasteiger partial charge in [-0.2, -0.15) is 0 Å². The van der Waals surface area contributed by atoms with Crippen LogP contribution in [0.3, 0.4) is 0 Å². The summed E-state index contributed by atoms with van der Waals surface area (Å²) in [4.78, 5) is 15.4. The van der Waals surface area contributed by atoms with Crippen molar-refractivity contribution in [3.63, 3.8) is 0 Å². The quantitative estimate of drug-likeness (QED) is 0.0499. The Labute approximate surface area is 488 Å². The molecular formula is C58H94O26. The van der Waals surface area contributed by atoms with E-state index in [2.05, 4.69) is 40.7 Å². The molecule has 5 aliphatic carbocycles. The summed E-state index contributed by atoms with van der Waals surface area (Å²) in [6, 6.07) is 0. The summed E-state index contributed by atoms with van der Waals surface area (Å²) in [5.74, 6) is -0.960. The van der Waals surface area contributed by atoms with E-state index in [0.29, 0.717) is 57.8 Å². The van der Waals surface area contributed by atoms with Crippen molar-refractivity contribution in [1.29, 1.82) is 0 Å². The minimum atomic E-state index is -1.90. The van der Waals surface area contributed by atoms with Crippen LogP contribution in [0.5, 0.6) is 0 Å². The van der Waals surface area contributed by atoms with Crippen LogP contribution in [-0.4, -0.2) is 263 Å². The highest BCUT2D eigenvalue weighted by Crippen LogP contribution is 2.76. The van der Waals surface area contributed by atoms with Gasteiger partial charge in [0, 0.05) is 5.41 Å². The summed E-state index contributed by atoms with van der Waals surface area (Å²) in [6.45, 7) is 12.3. The van der Waals surface area contributed by atoms with Crippen molar-refractivity contribution in [1.82, 2.24) is 0 Å². The van der Waals surface area contributed by atoms with Crippen molar-refractivity contribution in [3.8, 4) is 0 Å². The topological polar surface area (TPSA) is 413 Å². The lowest BCUT2D eigenvalue weighted by atomic mass is 9.33. The Morgan fingerprint density at radius 2 is 1.12 bits per heavy atom. The Morgan fingerprint density at radius 1 is 0.548 bits per heavy atom. The van der Waals surface area contributed by atoms with Crippen LogP contribution >= 0.6 is 0 Å². The third kappa shape index (κ3) is 10.8. The Balaban J connectivity index is 0.878. The van der Waals surface area contributed by atoms with Crippen molar-refractivity contribution in [2.75, 3.05) is 33.0 Å². The number of aliphatic hydroxyl groups is 15. The molecule has 0 aromatic carbocycles. The predicted molar refractivity (Wildman–Crippen MR) is 283 cm³/mol. The predicted octanol–water partition coefficient (Wildman–Crippen LogP) is -2.93. The maximum absolute atomic E-state index is 15.4. The van der Waals surface area contributed by atoms with Crippen LogP contribution in [0.4, 0.5) is 0 Å². The third-order valence-electron chi connectivity index (χ3n) is 22.9. The number of rotatable bonds is 13. The second kappa shape index (κ2) is 24.1. The van der Waals surface area contributed by atoms with Crippen molar-refractivity contribution in [2.24, 2.45) is 50.2 Å². The standard InChI is InChI=1S/C58H94O26/c1-24-34(64)44(81-47-41(71)35(65)27(62)21-75-47)43(73)49(77-24)82-45-36(66)28(63)22-76-50(45)80-33-11-12-54(4)31(55(33,5)23-61)10-13-57(7)32(54)9-8-25-26-18-53(2,3)14-16-58(26,17-15-56(25,57)6)52(74)84-51-46(40(70)38(68)30(20-60)79-51)83-48-42(72)39(69)37(67)29(19-59)78-48/h8,24,26-51,59-73H,9-23H2,1-7H3/t24-,26?,27-,28-,29+,30+,31?,32?,33?,34+,35-,36-,37+,38+,39-,40-,41+,42+,43+,44+,45+,46+,47-,48-,49-,50-,51-,54?,55?,56?,57?,58?/m0/s1. The highest BCUT2D eigenvalue weighted by Gasteiger charge is 2.71. The fraction of sp³-hybridized carbons (Fsp3) is 0.948. The summed E-state index contributed by atoms with van der Waals surface area (Å²) >= 11 is 0. The van der Waals surface area contributed by atoms with E-state index in [1.54, 1.807) is 0 Å². The summed E-state index contributed by atoms with van der Waals surface area (Å²) in [5, 5.41) is 162. The van der Waals surface area contributed by atoms with Crippen molar-refractivity contribution >= 4 is 5.97 Å². The molecule has 9 fully saturated rings. The highest BCUT2D eigenvalue weighted by atomic mass is 16.8. The number of hydrogen-bond donors (Lipinski definition) is 15. The van der Waals surface area contributed by atoms with Gasteiger partial charge in [0.05, 0.1) is 50.7 Å². The van der Waals surface area contributed by atoms with Crippen LogP contribution in [0.2, 0.25) is 0 Å². The van der Waals surface area contributed by atoms with Gasteiger partial charge in [-0.05, 0) is 111 Å². The zero-order chi connectivity index (χ0) is 61.1. The lowest BCUT2D eigenvalue weighted by molar-refractivity contribution is -0.379. The van der Waals surface area contributed by atoms with Gasteiger partial charge in [-0.3, -0.25) is 4.79 Å². The first kappa shape index (κ1) is 65.2. The summed E-state index contributed by atoms with van der Waals surface area (Å²) < 4.78 is 60.0. The van der Waals surface area contributed by atoms with E-state index in [0.717, 1.165) is 12.0 Å². The average molecular weight is 1210 g/mol. The fourth-order valence-corrected chi connectivity index (χ4v) is 17.4. The number of hydrogen-bond acceptors (Lipinski definition) is 26. The molecule has 4 saturated carbocycles. The van der Waals surface area contributed by atoms with E-state index in [-0.39, 0.29) is 47.2 Å². The first-order chi connectivity index (χ1) is 39.4. The van der Waals surface area contributed by atoms with Crippen LogP contribution in [-0.2, 0) is 52.2 Å². The molecule has 15 N–H and O–H groups in total. The number of carbonyl (C=O) groups is 1. The molecule has 0 aromatic rings. The maximum Gasteiger partial charge on any atom is 0.315 e. The number of fused-ring (bicyclic) bond motifs is 7. The van der Waals surface area contributed by atoms with E-state index >= 15 is 4.79 Å². The molecule has 5 aliphatic heterocycles. The van der Waals surface area contributed by atoms with Crippen molar-refractivity contribution in [2.45, 2.75) is 260 Å². The van der Waals surface area contributed by atoms with Crippen LogP contribution in [0, 0.1) is 50.2 Å². The Hall–Kier alpha value is -1.75. The van der Waals surface area contributed by atoms with Gasteiger partial charge in [-0.15, -0.1) is 0 Å². The molecule has 482 valence electrons. The van der Waals surface area contributed by atoms with Gasteiger partial charge in [0.15, 0.2) is 31.3 Å². The van der Waals surface area contributed by atoms with Gasteiger partial charge in [-0.25, -0.2) is 0 Å². The zero-order valence-corrected chi connectivity index (χ0v) is 49.0. The fourth-order valence-electron chi connectivity index (χ4n) is 17.4. The van der Waals surface area contributed by atoms with Crippen LogP contribution in [0.15, 0.2) is 11.6 Å². The normalized spacial score (nSPS) is 54.9. The smallest absolute Gasteiger partial charge is 0.315 e. The molecule has 0 aromatic heterocycles. The van der Waals surface area contributed by atoms with Crippen LogP contribution < -0.4 is 0 Å². The first-order valence-electron chi connectivity index (χ1n) is 30.2. The molecular weight excluding hydrogens is 1110 g/mol. The van der Waals surface area contributed by atoms with Gasteiger partial charge in [0.25, 0.3) is 0 Å². The van der Waals surface area contributed by atoms with Gasteiger partial charge >= 0.3 is 5.97 Å². The third-order valence-corrected chi connectivity index (χ3v) is 22.9. The van der Waals surface area contributed by atoms with E-state index in [9.17, 15) is 76.6 Å². The Bertz CT molecular complexity index is 2330. The number of carbonyl (C=O) groups excluding carboxylic acids is 1. The largest absolute Gasteiger partial charge is 0.432 e. The van der Waals surface area contributed by atoms with Crippen molar-refractivity contribution in [3.05, 3.63) is 11.6 Å². The molecule has 84 heavy (non-hydrogen) atoms. The minimum Gasteiger partial charge on any atom is -0.432 e. The molecule has 32 atom stereocenters. The second-order valence-corrected chi connectivity index (χ2v) is 28.0. The van der Waals surface area contributed by atoms with Gasteiger partial charge in [0.1, 0.15) is 97.7 Å². The van der Waals surface area contributed by atoms with Gasteiger partial charge < -0.3 is 124 Å². The summed E-state index contributed by atoms with van der Waals surface area (Å²) in [5.41, 5.74) is -2.13. The Morgan fingerprint density at radius 3 is 1.77 bits per heavy atom. The first-order valence-corrected chi connectivity index (χ1v) is 30.2. The van der Waals surface area contributed by atoms with Crippen LogP contribution in [0.25, 0.3) is 0 Å². The molecule has 0 bridgehead atoms. The van der Waals surface area contributed by atoms with E-state index in [1.807, 2.05) is 6.92 Å². The van der Waals surface area contributed by atoms with Crippen molar-refractivity contribution < 1.29 is 129 Å². The second-order valence-electron chi connectivity index (χ2n) is 28.0. The molecule has 26 heteroatoms. The molecule has 0 radical (unpaired) electrons. The average Bonchev–Trinajstić information content (AvgIpc) is 1.08. The highest BCUT2D eigenvalue weighted by molar-refractivity contribution is 5.79. The molecule has 10 aliphatic rings. The lowest BCUT2D eigenvalue weighted by Gasteiger charge is -2.71. The number of allylic oxidation sites excluding steroid dienone is 2. The molecule has 9 unspecified atom stereocenters. The number of aliphatic hydroxyl groups excluding tert-OH is 15.